The van der Waals surface area contributed by atoms with E-state index < -0.39 is 28.5 Å². The van der Waals surface area contributed by atoms with Crippen molar-refractivity contribution in [3.8, 4) is 0 Å². The Hall–Kier alpha value is -2.78. The van der Waals surface area contributed by atoms with Crippen molar-refractivity contribution in [3.05, 3.63) is 54.4 Å². The molecule has 0 saturated carbocycles. The Kier molecular flexibility index (Phi) is 7.65. The number of sulfonamides is 1. The SMILES string of the molecule is CCCCN(C)S(=O)(=O)c1ccc(NC(=O)COC(=O)c2cccnc2)cc1. The molecule has 1 aromatic carbocycles. The number of carbonyl (C=O) groups is 2. The molecule has 1 heterocycles. The van der Waals surface area contributed by atoms with Crippen LogP contribution in [0, 0.1) is 0 Å². The third-order valence-corrected chi connectivity index (χ3v) is 5.78. The lowest BCUT2D eigenvalue weighted by Gasteiger charge is -2.17. The number of nitrogens with one attached hydrogen (secondary N) is 1. The normalized spacial score (nSPS) is 11.2. The fourth-order valence-electron chi connectivity index (χ4n) is 2.29. The van der Waals surface area contributed by atoms with E-state index in [0.717, 1.165) is 12.8 Å². The van der Waals surface area contributed by atoms with Gasteiger partial charge in [-0.1, -0.05) is 13.3 Å². The van der Waals surface area contributed by atoms with Crippen LogP contribution in [0.2, 0.25) is 0 Å². The van der Waals surface area contributed by atoms with Crippen LogP contribution in [0.15, 0.2) is 53.7 Å². The highest BCUT2D eigenvalue weighted by Crippen LogP contribution is 2.18. The molecule has 0 bridgehead atoms. The lowest BCUT2D eigenvalue weighted by molar-refractivity contribution is -0.119. The molecule has 0 atom stereocenters. The van der Waals surface area contributed by atoms with Gasteiger partial charge < -0.3 is 10.1 Å². The first kappa shape index (κ1) is 21.5. The smallest absolute Gasteiger partial charge is 0.340 e. The van der Waals surface area contributed by atoms with E-state index in [1.165, 1.54) is 54.1 Å². The second kappa shape index (κ2) is 9.95. The van der Waals surface area contributed by atoms with Crippen LogP contribution in [-0.2, 0) is 19.6 Å². The topological polar surface area (TPSA) is 106 Å². The molecule has 0 unspecified atom stereocenters. The summed E-state index contributed by atoms with van der Waals surface area (Å²) in [6.07, 6.45) is 4.55. The van der Waals surface area contributed by atoms with E-state index in [0.29, 0.717) is 12.2 Å². The Morgan fingerprint density at radius 1 is 1.18 bits per heavy atom. The summed E-state index contributed by atoms with van der Waals surface area (Å²) in [6.45, 7) is 1.97. The highest BCUT2D eigenvalue weighted by Gasteiger charge is 2.20. The maximum absolute atomic E-state index is 12.5. The summed E-state index contributed by atoms with van der Waals surface area (Å²) >= 11 is 0. The van der Waals surface area contributed by atoms with Crippen molar-refractivity contribution in [2.24, 2.45) is 0 Å². The molecule has 0 aliphatic carbocycles. The third kappa shape index (κ3) is 5.86. The highest BCUT2D eigenvalue weighted by molar-refractivity contribution is 7.89. The van der Waals surface area contributed by atoms with Crippen molar-refractivity contribution in [1.29, 1.82) is 0 Å². The average molecular weight is 405 g/mol. The van der Waals surface area contributed by atoms with Crippen molar-refractivity contribution in [2.45, 2.75) is 24.7 Å². The van der Waals surface area contributed by atoms with Crippen molar-refractivity contribution in [1.82, 2.24) is 9.29 Å². The maximum Gasteiger partial charge on any atom is 0.340 e. The number of rotatable bonds is 9. The number of hydrogen-bond acceptors (Lipinski definition) is 6. The third-order valence-electron chi connectivity index (χ3n) is 3.90. The van der Waals surface area contributed by atoms with Gasteiger partial charge in [-0.2, -0.15) is 0 Å². The minimum absolute atomic E-state index is 0.145. The van der Waals surface area contributed by atoms with Crippen molar-refractivity contribution >= 4 is 27.6 Å². The lowest BCUT2D eigenvalue weighted by atomic mass is 10.3. The van der Waals surface area contributed by atoms with Crippen LogP contribution in [0.1, 0.15) is 30.1 Å². The van der Waals surface area contributed by atoms with Gasteiger partial charge in [0.25, 0.3) is 5.91 Å². The van der Waals surface area contributed by atoms with Gasteiger partial charge in [0.1, 0.15) is 0 Å². The molecule has 0 radical (unpaired) electrons. The first-order chi connectivity index (χ1) is 13.3. The largest absolute Gasteiger partial charge is 0.452 e. The molecule has 2 rings (SSSR count). The van der Waals surface area contributed by atoms with Gasteiger partial charge in [-0.05, 0) is 42.8 Å². The standard InChI is InChI=1S/C19H23N3O5S/c1-3-4-12-22(2)28(25,26)17-9-7-16(8-10-17)21-18(23)14-27-19(24)15-6-5-11-20-13-15/h5-11,13H,3-4,12,14H2,1-2H3,(H,21,23). The number of pyridine rings is 1. The molecule has 2 aromatic rings. The minimum atomic E-state index is -3.56. The van der Waals surface area contributed by atoms with Crippen LogP contribution < -0.4 is 5.32 Å². The van der Waals surface area contributed by atoms with Gasteiger partial charge in [0, 0.05) is 31.7 Å². The van der Waals surface area contributed by atoms with Crippen LogP contribution in [0.25, 0.3) is 0 Å². The van der Waals surface area contributed by atoms with Gasteiger partial charge in [-0.15, -0.1) is 0 Å². The van der Waals surface area contributed by atoms with E-state index in [2.05, 4.69) is 10.3 Å². The second-order valence-corrected chi connectivity index (χ2v) is 8.12. The van der Waals surface area contributed by atoms with Gasteiger partial charge in [0.2, 0.25) is 10.0 Å². The van der Waals surface area contributed by atoms with Crippen molar-refractivity contribution < 1.29 is 22.7 Å². The zero-order chi connectivity index (χ0) is 20.6. The summed E-state index contributed by atoms with van der Waals surface area (Å²) in [6, 6.07) is 8.95. The van der Waals surface area contributed by atoms with E-state index in [9.17, 15) is 18.0 Å². The monoisotopic (exact) mass is 405 g/mol. The Morgan fingerprint density at radius 3 is 2.50 bits per heavy atom. The van der Waals surface area contributed by atoms with Gasteiger partial charge in [-0.3, -0.25) is 9.78 Å². The Labute approximate surface area is 164 Å². The molecule has 0 fully saturated rings. The molecule has 1 aromatic heterocycles. The number of ether oxygens (including phenoxy) is 1. The molecule has 1 amide bonds. The van der Waals surface area contributed by atoms with E-state index in [1.54, 1.807) is 6.07 Å². The number of esters is 1. The molecule has 0 aliphatic heterocycles. The Bertz CT molecular complexity index is 899. The summed E-state index contributed by atoms with van der Waals surface area (Å²) in [5.41, 5.74) is 0.648. The van der Waals surface area contributed by atoms with E-state index in [1.807, 2.05) is 6.92 Å². The molecule has 28 heavy (non-hydrogen) atoms. The van der Waals surface area contributed by atoms with Gasteiger partial charge in [-0.25, -0.2) is 17.5 Å². The number of aromatic nitrogens is 1. The number of anilines is 1. The van der Waals surface area contributed by atoms with E-state index >= 15 is 0 Å². The molecule has 8 nitrogen and oxygen atoms in total. The molecule has 0 aliphatic rings. The summed E-state index contributed by atoms with van der Waals surface area (Å²) < 4.78 is 31.1. The van der Waals surface area contributed by atoms with Crippen LogP contribution in [-0.4, -0.2) is 49.8 Å². The summed E-state index contributed by atoms with van der Waals surface area (Å²) in [4.78, 5) is 27.7. The van der Waals surface area contributed by atoms with Crippen molar-refractivity contribution in [2.75, 3.05) is 25.5 Å². The summed E-state index contributed by atoms with van der Waals surface area (Å²) in [5.74, 6) is -1.19. The molecule has 9 heteroatoms. The zero-order valence-corrected chi connectivity index (χ0v) is 16.6. The van der Waals surface area contributed by atoms with Crippen LogP contribution in [0.5, 0.6) is 0 Å². The van der Waals surface area contributed by atoms with Gasteiger partial charge in [0.15, 0.2) is 6.61 Å². The van der Waals surface area contributed by atoms with E-state index in [-0.39, 0.29) is 10.5 Å². The highest BCUT2D eigenvalue weighted by atomic mass is 32.2. The summed E-state index contributed by atoms with van der Waals surface area (Å²) in [5, 5.41) is 2.55. The molecular formula is C19H23N3O5S. The quantitative estimate of drug-likeness (QED) is 0.642. The van der Waals surface area contributed by atoms with E-state index in [4.69, 9.17) is 4.74 Å². The molecule has 150 valence electrons. The molecule has 0 saturated heterocycles. The van der Waals surface area contributed by atoms with Crippen LogP contribution >= 0.6 is 0 Å². The molecular weight excluding hydrogens is 382 g/mol. The predicted molar refractivity (Wildman–Crippen MR) is 104 cm³/mol. The number of unbranched alkanes of at least 4 members (excludes halogenated alkanes) is 1. The summed E-state index contributed by atoms with van der Waals surface area (Å²) in [7, 11) is -2.02. The lowest BCUT2D eigenvalue weighted by Crippen LogP contribution is -2.28. The first-order valence-corrected chi connectivity index (χ1v) is 10.2. The zero-order valence-electron chi connectivity index (χ0n) is 15.8. The predicted octanol–water partition coefficient (Wildman–Crippen LogP) is 2.30. The average Bonchev–Trinajstić information content (AvgIpc) is 2.71. The fourth-order valence-corrected chi connectivity index (χ4v) is 3.50. The number of hydrogen-bond donors (Lipinski definition) is 1. The maximum atomic E-state index is 12.5. The number of benzene rings is 1. The fraction of sp³-hybridized carbons (Fsp3) is 0.316. The first-order valence-electron chi connectivity index (χ1n) is 8.78. The number of nitrogens with zero attached hydrogens (tertiary/aromatic N) is 2. The number of carbonyl (C=O) groups excluding carboxylic acids is 2. The molecule has 1 N–H and O–H groups in total. The van der Waals surface area contributed by atoms with Crippen LogP contribution in [0.3, 0.4) is 0 Å². The minimum Gasteiger partial charge on any atom is -0.452 e. The van der Waals surface area contributed by atoms with Crippen LogP contribution in [0.4, 0.5) is 5.69 Å². The van der Waals surface area contributed by atoms with Crippen molar-refractivity contribution in [3.63, 3.8) is 0 Å². The Morgan fingerprint density at radius 2 is 1.89 bits per heavy atom. The second-order valence-electron chi connectivity index (χ2n) is 6.07. The Balaban J connectivity index is 1.91. The van der Waals surface area contributed by atoms with Gasteiger partial charge >= 0.3 is 5.97 Å². The molecule has 0 spiro atoms. The number of amides is 1. The van der Waals surface area contributed by atoms with Gasteiger partial charge in [0.05, 0.1) is 10.5 Å².